The minimum atomic E-state index is -2.92. The van der Waals surface area contributed by atoms with E-state index >= 15 is 0 Å². The van der Waals surface area contributed by atoms with Crippen molar-refractivity contribution in [1.29, 1.82) is 0 Å². The van der Waals surface area contributed by atoms with Crippen LogP contribution in [0, 0.1) is 6.92 Å². The second-order valence-corrected chi connectivity index (χ2v) is 10.5. The van der Waals surface area contributed by atoms with E-state index in [1.54, 1.807) is 56.6 Å². The minimum Gasteiger partial charge on any atom is -0.491 e. The van der Waals surface area contributed by atoms with E-state index in [9.17, 15) is 13.9 Å². The molecule has 0 saturated carbocycles. The summed E-state index contributed by atoms with van der Waals surface area (Å²) in [6.07, 6.45) is 3.31. The predicted molar refractivity (Wildman–Crippen MR) is 136 cm³/mol. The normalized spacial score (nSPS) is 16.0. The lowest BCUT2D eigenvalue weighted by Gasteiger charge is -2.31. The van der Waals surface area contributed by atoms with E-state index in [1.807, 2.05) is 6.92 Å². The molecule has 3 N–H and O–H groups in total. The van der Waals surface area contributed by atoms with Crippen molar-refractivity contribution in [2.45, 2.75) is 31.3 Å². The van der Waals surface area contributed by atoms with E-state index < -0.39 is 16.5 Å². The molecule has 0 spiro atoms. The fourth-order valence-electron chi connectivity index (χ4n) is 3.60. The highest BCUT2D eigenvalue weighted by Gasteiger charge is 2.24. The number of ether oxygens (including phenoxy) is 4. The zero-order valence-electron chi connectivity index (χ0n) is 20.3. The molecular formula is C25H29N3O7S. The molecule has 10 nitrogen and oxygen atoms in total. The van der Waals surface area contributed by atoms with Gasteiger partial charge in [-0.15, -0.1) is 0 Å². The van der Waals surface area contributed by atoms with Gasteiger partial charge in [-0.2, -0.15) is 10.6 Å². The molecule has 36 heavy (non-hydrogen) atoms. The van der Waals surface area contributed by atoms with E-state index in [1.165, 1.54) is 6.20 Å². The molecule has 1 amide bonds. The van der Waals surface area contributed by atoms with Crippen LogP contribution in [0.3, 0.4) is 0 Å². The summed E-state index contributed by atoms with van der Waals surface area (Å²) < 4.78 is 43.7. The van der Waals surface area contributed by atoms with Crippen molar-refractivity contribution in [1.82, 2.24) is 9.97 Å². The van der Waals surface area contributed by atoms with Gasteiger partial charge in [0.25, 0.3) is 5.91 Å². The average molecular weight is 516 g/mol. The van der Waals surface area contributed by atoms with Crippen LogP contribution >= 0.6 is 10.6 Å². The number of carbonyl (C=O) groups is 1. The predicted octanol–water partition coefficient (Wildman–Crippen LogP) is 5.14. The second-order valence-electron chi connectivity index (χ2n) is 8.36. The monoisotopic (exact) mass is 515 g/mol. The Morgan fingerprint density at radius 3 is 2.69 bits per heavy atom. The van der Waals surface area contributed by atoms with E-state index in [2.05, 4.69) is 15.3 Å². The molecule has 1 atom stereocenters. The van der Waals surface area contributed by atoms with E-state index in [4.69, 9.17) is 18.9 Å². The molecule has 0 aliphatic carbocycles. The fraction of sp³-hybridized carbons (Fsp3) is 0.320. The molecule has 1 aromatic heterocycles. The van der Waals surface area contributed by atoms with Crippen LogP contribution in [0.1, 0.15) is 29.4 Å². The Labute approximate surface area is 210 Å². The van der Waals surface area contributed by atoms with Crippen molar-refractivity contribution in [2.75, 3.05) is 31.4 Å². The molecule has 0 saturated heterocycles. The number of anilines is 1. The van der Waals surface area contributed by atoms with Crippen molar-refractivity contribution in [2.24, 2.45) is 0 Å². The third-order valence-corrected chi connectivity index (χ3v) is 7.14. The zero-order chi connectivity index (χ0) is 25.7. The van der Waals surface area contributed by atoms with Gasteiger partial charge < -0.3 is 24.3 Å². The molecule has 4 rings (SSSR count). The van der Waals surface area contributed by atoms with Crippen LogP contribution in [-0.4, -0.2) is 57.2 Å². The van der Waals surface area contributed by atoms with Gasteiger partial charge in [0, 0.05) is 30.6 Å². The first kappa shape index (κ1) is 25.7. The molecule has 1 aliphatic heterocycles. The second kappa shape index (κ2) is 11.1. The third-order valence-electron chi connectivity index (χ3n) is 5.24. The summed E-state index contributed by atoms with van der Waals surface area (Å²) in [5, 5.41) is 2.72. The maximum absolute atomic E-state index is 13.0. The van der Waals surface area contributed by atoms with Gasteiger partial charge in [0.1, 0.15) is 34.0 Å². The lowest BCUT2D eigenvalue weighted by atomic mass is 10.2. The number of rotatable bonds is 8. The van der Waals surface area contributed by atoms with Crippen molar-refractivity contribution in [3.63, 3.8) is 0 Å². The molecule has 0 bridgehead atoms. The van der Waals surface area contributed by atoms with E-state index in [0.717, 1.165) is 5.69 Å². The number of hydrogen-bond acceptors (Lipinski definition) is 9. The number of benzene rings is 2. The van der Waals surface area contributed by atoms with Crippen LogP contribution in [0.4, 0.5) is 5.82 Å². The lowest BCUT2D eigenvalue weighted by Crippen LogP contribution is -2.19. The first-order chi connectivity index (χ1) is 17.2. The largest absolute Gasteiger partial charge is 0.491 e. The Bertz CT molecular complexity index is 1220. The molecule has 2 aromatic carbocycles. The number of nitrogens with one attached hydrogen (secondary N) is 1. The molecule has 0 radical (unpaired) electrons. The molecule has 3 aromatic rings. The van der Waals surface area contributed by atoms with E-state index in [0.29, 0.717) is 53.3 Å². The van der Waals surface area contributed by atoms with Crippen molar-refractivity contribution in [3.05, 3.63) is 60.0 Å². The Hall–Kier alpha value is -3.38. The van der Waals surface area contributed by atoms with E-state index in [-0.39, 0.29) is 17.4 Å². The van der Waals surface area contributed by atoms with Gasteiger partial charge >= 0.3 is 0 Å². The number of amides is 1. The summed E-state index contributed by atoms with van der Waals surface area (Å²) in [6, 6.07) is 9.67. The average Bonchev–Trinajstić information content (AvgIpc) is 2.98. The van der Waals surface area contributed by atoms with Crippen LogP contribution in [0.15, 0.2) is 53.7 Å². The summed E-state index contributed by atoms with van der Waals surface area (Å²) in [5.74, 6) is 1.68. The number of aryl methyl sites for hydroxylation is 1. The minimum absolute atomic E-state index is 0.253. The molecule has 1 aliphatic rings. The van der Waals surface area contributed by atoms with Crippen LogP contribution < -0.4 is 19.5 Å². The smallest absolute Gasteiger partial charge is 0.257 e. The van der Waals surface area contributed by atoms with Crippen LogP contribution in [0.25, 0.3) is 0 Å². The SMILES string of the molecule is COC[C@H](C)Oc1cc(Oc2ccc3c(c2)OCCCS3(O)O)cc(C(=O)Nc2cnc(C)cn2)c1. The number of hydrogen-bond donors (Lipinski definition) is 3. The molecule has 2 heterocycles. The number of methoxy groups -OCH3 is 1. The molecule has 0 fully saturated rings. The number of aromatic nitrogens is 2. The van der Waals surface area contributed by atoms with Gasteiger partial charge in [-0.05, 0) is 44.5 Å². The number of carbonyl (C=O) groups excluding carboxylic acids is 1. The van der Waals surface area contributed by atoms with Crippen molar-refractivity contribution in [3.8, 4) is 23.0 Å². The maximum atomic E-state index is 13.0. The quantitative estimate of drug-likeness (QED) is 0.373. The molecule has 192 valence electrons. The van der Waals surface area contributed by atoms with Crippen LogP contribution in [0.5, 0.6) is 23.0 Å². The van der Waals surface area contributed by atoms with Gasteiger partial charge in [0.05, 0.1) is 31.3 Å². The van der Waals surface area contributed by atoms with Gasteiger partial charge in [0.2, 0.25) is 0 Å². The van der Waals surface area contributed by atoms with Crippen molar-refractivity contribution < 1.29 is 32.8 Å². The van der Waals surface area contributed by atoms with Gasteiger partial charge in [0.15, 0.2) is 5.82 Å². The maximum Gasteiger partial charge on any atom is 0.257 e. The fourth-order valence-corrected chi connectivity index (χ4v) is 5.07. The molecule has 0 unspecified atom stereocenters. The highest BCUT2D eigenvalue weighted by molar-refractivity contribution is 8.24. The summed E-state index contributed by atoms with van der Waals surface area (Å²) in [6.45, 7) is 4.39. The summed E-state index contributed by atoms with van der Waals surface area (Å²) >= 11 is 0. The lowest BCUT2D eigenvalue weighted by molar-refractivity contribution is 0.0915. The van der Waals surface area contributed by atoms with Gasteiger partial charge in [-0.3, -0.25) is 18.9 Å². The number of nitrogens with zero attached hydrogens (tertiary/aromatic N) is 2. The Balaban J connectivity index is 1.62. The van der Waals surface area contributed by atoms with Gasteiger partial charge in [-0.25, -0.2) is 4.98 Å². The third kappa shape index (κ3) is 6.43. The highest BCUT2D eigenvalue weighted by Crippen LogP contribution is 2.54. The molecular weight excluding hydrogens is 486 g/mol. The topological polar surface area (TPSA) is 132 Å². The summed E-state index contributed by atoms with van der Waals surface area (Å²) in [5.41, 5.74) is 1.02. The first-order valence-corrected chi connectivity index (χ1v) is 13.1. The highest BCUT2D eigenvalue weighted by atomic mass is 32.3. The summed E-state index contributed by atoms with van der Waals surface area (Å²) in [7, 11) is -1.34. The van der Waals surface area contributed by atoms with Gasteiger partial charge in [-0.1, -0.05) is 0 Å². The van der Waals surface area contributed by atoms with Crippen molar-refractivity contribution >= 4 is 22.3 Å². The standard InChI is InChI=1S/C25H29N3O7S/c1-16-13-27-24(14-26-16)28-25(29)18-9-20(34-17(2)15-32-3)11-21(10-18)35-19-5-6-23-22(12-19)33-7-4-8-36(23,30)31/h5-6,9-14,17,30-31H,4,7-8,15H2,1-3H3,(H,27,28,29)/t17-/m0/s1. The zero-order valence-corrected chi connectivity index (χ0v) is 21.1. The first-order valence-electron chi connectivity index (χ1n) is 11.3. The number of fused-ring (bicyclic) bond motifs is 1. The summed E-state index contributed by atoms with van der Waals surface area (Å²) in [4.78, 5) is 21.6. The van der Waals surface area contributed by atoms with Crippen LogP contribution in [0.2, 0.25) is 0 Å². The molecule has 11 heteroatoms. The van der Waals surface area contributed by atoms with Crippen LogP contribution in [-0.2, 0) is 4.74 Å². The Kier molecular flexibility index (Phi) is 7.94. The Morgan fingerprint density at radius 2 is 1.94 bits per heavy atom. The Morgan fingerprint density at radius 1 is 1.14 bits per heavy atom.